The van der Waals surface area contributed by atoms with Crippen molar-refractivity contribution < 1.29 is 13.6 Å². The molecular formula is C9H9F2NO. The first-order valence-electron chi connectivity index (χ1n) is 3.73. The molecule has 0 aliphatic rings. The van der Waals surface area contributed by atoms with Crippen molar-refractivity contribution in [2.24, 2.45) is 5.73 Å². The van der Waals surface area contributed by atoms with Crippen LogP contribution in [0.3, 0.4) is 0 Å². The minimum Gasteiger partial charge on any atom is -0.366 e. The average molecular weight is 185 g/mol. The summed E-state index contributed by atoms with van der Waals surface area (Å²) in [6, 6.07) is 4.33. The fraction of sp³-hybridized carbons (Fsp3) is 0.222. The number of nitrogens with two attached hydrogens (primary N) is 1. The Morgan fingerprint density at radius 3 is 2.00 bits per heavy atom. The quantitative estimate of drug-likeness (QED) is 0.765. The van der Waals surface area contributed by atoms with Crippen molar-refractivity contribution in [3.63, 3.8) is 0 Å². The number of carbonyl (C=O) groups excluding carboxylic acids is 1. The molecule has 0 saturated carbocycles. The van der Waals surface area contributed by atoms with Crippen LogP contribution in [-0.4, -0.2) is 5.91 Å². The van der Waals surface area contributed by atoms with Crippen LogP contribution in [0.25, 0.3) is 0 Å². The van der Waals surface area contributed by atoms with Gasteiger partial charge in [0.1, 0.15) is 13.3 Å². The third kappa shape index (κ3) is 1.83. The van der Waals surface area contributed by atoms with Crippen LogP contribution in [0.15, 0.2) is 18.2 Å². The molecule has 0 saturated heterocycles. The molecule has 0 fully saturated rings. The Kier molecular flexibility index (Phi) is 2.95. The van der Waals surface area contributed by atoms with Gasteiger partial charge >= 0.3 is 0 Å². The van der Waals surface area contributed by atoms with Gasteiger partial charge in [-0.3, -0.25) is 4.79 Å². The number of alkyl halides is 2. The Hall–Kier alpha value is -1.45. The standard InChI is InChI=1S/C9H9F2NO/c10-4-6-2-1-3-7(5-11)8(6)9(12)13/h1-3H,4-5H2,(H2,12,13). The molecule has 1 aromatic carbocycles. The summed E-state index contributed by atoms with van der Waals surface area (Å²) in [5.74, 6) is -0.791. The maximum absolute atomic E-state index is 12.3. The fourth-order valence-electron chi connectivity index (χ4n) is 1.19. The summed E-state index contributed by atoms with van der Waals surface area (Å²) in [7, 11) is 0. The van der Waals surface area contributed by atoms with E-state index in [-0.39, 0.29) is 16.7 Å². The van der Waals surface area contributed by atoms with Crippen LogP contribution in [0.2, 0.25) is 0 Å². The summed E-state index contributed by atoms with van der Waals surface area (Å²) in [6.45, 7) is -1.63. The lowest BCUT2D eigenvalue weighted by Gasteiger charge is -2.06. The second-order valence-electron chi connectivity index (χ2n) is 2.58. The van der Waals surface area contributed by atoms with E-state index >= 15 is 0 Å². The van der Waals surface area contributed by atoms with Gasteiger partial charge in [-0.25, -0.2) is 8.78 Å². The van der Waals surface area contributed by atoms with Crippen LogP contribution in [-0.2, 0) is 13.3 Å². The van der Waals surface area contributed by atoms with Crippen LogP contribution in [0.1, 0.15) is 21.5 Å². The van der Waals surface area contributed by atoms with Crippen LogP contribution in [0.4, 0.5) is 8.78 Å². The van der Waals surface area contributed by atoms with E-state index in [1.807, 2.05) is 0 Å². The van der Waals surface area contributed by atoms with Gasteiger partial charge in [-0.15, -0.1) is 0 Å². The molecule has 0 atom stereocenters. The van der Waals surface area contributed by atoms with E-state index in [2.05, 4.69) is 0 Å². The van der Waals surface area contributed by atoms with E-state index in [4.69, 9.17) is 5.73 Å². The summed E-state index contributed by atoms with van der Waals surface area (Å²) in [4.78, 5) is 10.8. The molecule has 4 heteroatoms. The highest BCUT2D eigenvalue weighted by Gasteiger charge is 2.12. The van der Waals surface area contributed by atoms with Crippen molar-refractivity contribution in [1.29, 1.82) is 0 Å². The molecule has 1 rings (SSSR count). The monoisotopic (exact) mass is 185 g/mol. The van der Waals surface area contributed by atoms with Gasteiger partial charge in [0, 0.05) is 0 Å². The Bertz CT molecular complexity index is 303. The number of primary amides is 1. The summed E-state index contributed by atoms with van der Waals surface area (Å²) in [5, 5.41) is 0. The SMILES string of the molecule is NC(=O)c1c(CF)cccc1CF. The highest BCUT2D eigenvalue weighted by atomic mass is 19.1. The number of amides is 1. The summed E-state index contributed by atoms with van der Waals surface area (Å²) < 4.78 is 24.7. The van der Waals surface area contributed by atoms with Gasteiger partial charge in [0.15, 0.2) is 0 Å². The Balaban J connectivity index is 3.29. The van der Waals surface area contributed by atoms with Crippen LogP contribution in [0, 0.1) is 0 Å². The fourth-order valence-corrected chi connectivity index (χ4v) is 1.19. The van der Waals surface area contributed by atoms with Gasteiger partial charge in [-0.2, -0.15) is 0 Å². The van der Waals surface area contributed by atoms with E-state index in [0.717, 1.165) is 0 Å². The number of carbonyl (C=O) groups is 1. The minimum atomic E-state index is -0.813. The Morgan fingerprint density at radius 1 is 1.23 bits per heavy atom. The van der Waals surface area contributed by atoms with Crippen molar-refractivity contribution in [2.45, 2.75) is 13.3 Å². The minimum absolute atomic E-state index is 0.0347. The van der Waals surface area contributed by atoms with Crippen molar-refractivity contribution in [3.8, 4) is 0 Å². The van der Waals surface area contributed by atoms with Crippen LogP contribution >= 0.6 is 0 Å². The highest BCUT2D eigenvalue weighted by molar-refractivity contribution is 5.95. The van der Waals surface area contributed by atoms with Gasteiger partial charge in [-0.05, 0) is 11.1 Å². The number of halogens is 2. The lowest BCUT2D eigenvalue weighted by atomic mass is 10.0. The molecule has 2 N–H and O–H groups in total. The lowest BCUT2D eigenvalue weighted by Crippen LogP contribution is -2.15. The van der Waals surface area contributed by atoms with E-state index in [9.17, 15) is 13.6 Å². The van der Waals surface area contributed by atoms with E-state index in [1.165, 1.54) is 18.2 Å². The second kappa shape index (κ2) is 3.98. The molecule has 0 radical (unpaired) electrons. The Morgan fingerprint density at radius 2 is 1.69 bits per heavy atom. The molecule has 0 aliphatic heterocycles. The third-order valence-electron chi connectivity index (χ3n) is 1.77. The molecule has 0 unspecified atom stereocenters. The molecule has 0 spiro atoms. The molecule has 0 aliphatic carbocycles. The van der Waals surface area contributed by atoms with Crippen molar-refractivity contribution in [3.05, 3.63) is 34.9 Å². The number of benzene rings is 1. The first-order chi connectivity index (χ1) is 6.20. The lowest BCUT2D eigenvalue weighted by molar-refractivity contribution is 0.0997. The van der Waals surface area contributed by atoms with Gasteiger partial charge in [0.25, 0.3) is 0 Å². The Labute approximate surface area is 74.4 Å². The number of hydrogen-bond donors (Lipinski definition) is 1. The van der Waals surface area contributed by atoms with Gasteiger partial charge in [0.2, 0.25) is 5.91 Å². The number of rotatable bonds is 3. The zero-order chi connectivity index (χ0) is 9.84. The van der Waals surface area contributed by atoms with Gasteiger partial charge < -0.3 is 5.73 Å². The zero-order valence-electron chi connectivity index (χ0n) is 6.89. The summed E-state index contributed by atoms with van der Waals surface area (Å²) >= 11 is 0. The first kappa shape index (κ1) is 9.64. The molecule has 1 amide bonds. The molecular weight excluding hydrogens is 176 g/mol. The smallest absolute Gasteiger partial charge is 0.249 e. The largest absolute Gasteiger partial charge is 0.366 e. The van der Waals surface area contributed by atoms with Gasteiger partial charge in [0.05, 0.1) is 5.56 Å². The van der Waals surface area contributed by atoms with E-state index in [0.29, 0.717) is 0 Å². The molecule has 0 bridgehead atoms. The highest BCUT2D eigenvalue weighted by Crippen LogP contribution is 2.16. The second-order valence-corrected chi connectivity index (χ2v) is 2.58. The predicted octanol–water partition coefficient (Wildman–Crippen LogP) is 1.72. The maximum atomic E-state index is 12.3. The maximum Gasteiger partial charge on any atom is 0.249 e. The summed E-state index contributed by atoms with van der Waals surface area (Å²) in [6.07, 6.45) is 0. The van der Waals surface area contributed by atoms with Crippen molar-refractivity contribution in [1.82, 2.24) is 0 Å². The van der Waals surface area contributed by atoms with Crippen LogP contribution < -0.4 is 5.73 Å². The summed E-state index contributed by atoms with van der Waals surface area (Å²) in [5.41, 5.74) is 5.24. The van der Waals surface area contributed by atoms with Gasteiger partial charge in [-0.1, -0.05) is 18.2 Å². The third-order valence-corrected chi connectivity index (χ3v) is 1.77. The van der Waals surface area contributed by atoms with Crippen LogP contribution in [0.5, 0.6) is 0 Å². The first-order valence-corrected chi connectivity index (χ1v) is 3.73. The molecule has 70 valence electrons. The van der Waals surface area contributed by atoms with Crippen molar-refractivity contribution in [2.75, 3.05) is 0 Å². The molecule has 2 nitrogen and oxygen atoms in total. The molecule has 0 heterocycles. The molecule has 13 heavy (non-hydrogen) atoms. The van der Waals surface area contributed by atoms with E-state index < -0.39 is 19.3 Å². The zero-order valence-corrected chi connectivity index (χ0v) is 6.89. The number of hydrogen-bond acceptors (Lipinski definition) is 1. The molecule has 0 aromatic heterocycles. The van der Waals surface area contributed by atoms with E-state index in [1.54, 1.807) is 0 Å². The topological polar surface area (TPSA) is 43.1 Å². The average Bonchev–Trinajstić information content (AvgIpc) is 2.16. The normalized spacial score (nSPS) is 10.0. The predicted molar refractivity (Wildman–Crippen MR) is 44.6 cm³/mol. The van der Waals surface area contributed by atoms with Crippen molar-refractivity contribution >= 4 is 5.91 Å². The molecule has 1 aromatic rings.